The molecule has 1 amide bonds. The van der Waals surface area contributed by atoms with Crippen LogP contribution in [0, 0.1) is 0 Å². The maximum atomic E-state index is 11.4. The van der Waals surface area contributed by atoms with Gasteiger partial charge in [-0.15, -0.1) is 11.3 Å². The van der Waals surface area contributed by atoms with Gasteiger partial charge < -0.3 is 10.4 Å². The molecule has 1 aromatic rings. The average molecular weight is 307 g/mol. The number of aliphatic carboxylic acids is 1. The molecule has 1 rings (SSSR count). The lowest BCUT2D eigenvalue weighted by molar-refractivity contribution is -0.143. The van der Waals surface area contributed by atoms with E-state index < -0.39 is 17.9 Å². The van der Waals surface area contributed by atoms with Crippen molar-refractivity contribution in [2.45, 2.75) is 12.6 Å². The standard InChI is InChI=1S/C9H11BrN2O3S/c1-11-7(9(14)15)8(13)12-4-5-2-3-6(10)16-5/h2-3,7,11H,4H2,1H3,(H,12,13)(H,14,15). The van der Waals surface area contributed by atoms with Crippen molar-refractivity contribution in [1.82, 2.24) is 10.6 Å². The SMILES string of the molecule is CNC(C(=O)O)C(=O)NCc1ccc(Br)s1. The Morgan fingerprint density at radius 3 is 2.69 bits per heavy atom. The minimum absolute atomic E-state index is 0.334. The molecule has 0 saturated carbocycles. The number of rotatable bonds is 5. The quantitative estimate of drug-likeness (QED) is 0.703. The summed E-state index contributed by atoms with van der Waals surface area (Å²) < 4.78 is 0.972. The highest BCUT2D eigenvalue weighted by Crippen LogP contribution is 2.21. The molecule has 5 nitrogen and oxygen atoms in total. The van der Waals surface area contributed by atoms with Gasteiger partial charge >= 0.3 is 5.97 Å². The molecule has 88 valence electrons. The van der Waals surface area contributed by atoms with Crippen molar-refractivity contribution in [3.05, 3.63) is 20.8 Å². The molecule has 1 aromatic heterocycles. The fourth-order valence-corrected chi connectivity index (χ4v) is 2.51. The van der Waals surface area contributed by atoms with Crippen LogP contribution in [0.2, 0.25) is 0 Å². The van der Waals surface area contributed by atoms with E-state index in [1.165, 1.54) is 18.4 Å². The van der Waals surface area contributed by atoms with E-state index in [0.29, 0.717) is 6.54 Å². The highest BCUT2D eigenvalue weighted by atomic mass is 79.9. The zero-order chi connectivity index (χ0) is 12.1. The van der Waals surface area contributed by atoms with Crippen LogP contribution in [-0.2, 0) is 16.1 Å². The monoisotopic (exact) mass is 306 g/mol. The Labute approximate surface area is 105 Å². The number of carbonyl (C=O) groups excluding carboxylic acids is 1. The Bertz CT molecular complexity index is 394. The van der Waals surface area contributed by atoms with E-state index in [-0.39, 0.29) is 0 Å². The molecular formula is C9H11BrN2O3S. The van der Waals surface area contributed by atoms with E-state index in [1.54, 1.807) is 0 Å². The van der Waals surface area contributed by atoms with E-state index in [4.69, 9.17) is 5.11 Å². The Morgan fingerprint density at radius 1 is 1.56 bits per heavy atom. The van der Waals surface area contributed by atoms with Gasteiger partial charge in [0.25, 0.3) is 0 Å². The summed E-state index contributed by atoms with van der Waals surface area (Å²) in [5.41, 5.74) is 0. The van der Waals surface area contributed by atoms with Crippen LogP contribution in [0.4, 0.5) is 0 Å². The summed E-state index contributed by atoms with van der Waals surface area (Å²) in [5.74, 6) is -1.73. The fraction of sp³-hybridized carbons (Fsp3) is 0.333. The van der Waals surface area contributed by atoms with Crippen molar-refractivity contribution in [3.8, 4) is 0 Å². The third kappa shape index (κ3) is 3.58. The number of hydrogen-bond acceptors (Lipinski definition) is 4. The first-order chi connectivity index (χ1) is 7.54. The molecule has 0 aliphatic rings. The molecule has 0 radical (unpaired) electrons. The summed E-state index contributed by atoms with van der Waals surface area (Å²) in [7, 11) is 1.43. The van der Waals surface area contributed by atoms with E-state index in [9.17, 15) is 9.59 Å². The first-order valence-corrected chi connectivity index (χ1v) is 6.07. The van der Waals surface area contributed by atoms with Gasteiger partial charge in [-0.1, -0.05) is 0 Å². The minimum Gasteiger partial charge on any atom is -0.480 e. The number of thiophene rings is 1. The molecule has 0 aliphatic carbocycles. The Morgan fingerprint density at radius 2 is 2.25 bits per heavy atom. The van der Waals surface area contributed by atoms with E-state index in [1.807, 2.05) is 12.1 Å². The molecule has 1 heterocycles. The van der Waals surface area contributed by atoms with Gasteiger partial charge in [0.1, 0.15) is 0 Å². The second-order valence-corrected chi connectivity index (χ2v) is 5.53. The number of halogens is 1. The third-order valence-electron chi connectivity index (χ3n) is 1.86. The summed E-state index contributed by atoms with van der Waals surface area (Å²) in [6.45, 7) is 0.334. The van der Waals surface area contributed by atoms with Gasteiger partial charge in [0.2, 0.25) is 5.91 Å². The largest absolute Gasteiger partial charge is 0.480 e. The molecule has 0 bridgehead atoms. The van der Waals surface area contributed by atoms with E-state index in [0.717, 1.165) is 8.66 Å². The molecule has 0 aromatic carbocycles. The van der Waals surface area contributed by atoms with Crippen LogP contribution in [0.25, 0.3) is 0 Å². The summed E-state index contributed by atoms with van der Waals surface area (Å²) >= 11 is 4.80. The maximum absolute atomic E-state index is 11.4. The predicted octanol–water partition coefficient (Wildman–Crippen LogP) is 0.799. The first kappa shape index (κ1) is 13.1. The second-order valence-electron chi connectivity index (χ2n) is 2.98. The lowest BCUT2D eigenvalue weighted by Crippen LogP contribution is -2.47. The predicted molar refractivity (Wildman–Crippen MR) is 64.3 cm³/mol. The summed E-state index contributed by atoms with van der Waals surface area (Å²) in [6.07, 6.45) is 0. The summed E-state index contributed by atoms with van der Waals surface area (Å²) in [5, 5.41) is 13.7. The van der Waals surface area contributed by atoms with Crippen LogP contribution >= 0.6 is 27.3 Å². The molecule has 0 aliphatic heterocycles. The van der Waals surface area contributed by atoms with Crippen LogP contribution < -0.4 is 10.6 Å². The number of likely N-dealkylation sites (N-methyl/N-ethyl adjacent to an activating group) is 1. The molecule has 0 saturated heterocycles. The highest BCUT2D eigenvalue weighted by molar-refractivity contribution is 9.11. The van der Waals surface area contributed by atoms with Gasteiger partial charge in [-0.3, -0.25) is 10.1 Å². The molecule has 1 atom stereocenters. The van der Waals surface area contributed by atoms with Crippen molar-refractivity contribution in [2.24, 2.45) is 0 Å². The molecule has 0 spiro atoms. The minimum atomic E-state index is -1.21. The highest BCUT2D eigenvalue weighted by Gasteiger charge is 2.23. The number of carboxylic acids is 1. The molecule has 7 heteroatoms. The Balaban J connectivity index is 2.49. The topological polar surface area (TPSA) is 78.4 Å². The van der Waals surface area contributed by atoms with Crippen molar-refractivity contribution in [3.63, 3.8) is 0 Å². The van der Waals surface area contributed by atoms with Crippen molar-refractivity contribution in [1.29, 1.82) is 0 Å². The fourth-order valence-electron chi connectivity index (χ4n) is 1.09. The number of amides is 1. The smallest absolute Gasteiger partial charge is 0.330 e. The van der Waals surface area contributed by atoms with Gasteiger partial charge in [0.15, 0.2) is 6.04 Å². The van der Waals surface area contributed by atoms with Gasteiger partial charge in [0, 0.05) is 4.88 Å². The van der Waals surface area contributed by atoms with Gasteiger partial charge in [-0.2, -0.15) is 0 Å². The summed E-state index contributed by atoms with van der Waals surface area (Å²) in [6, 6.07) is 2.53. The van der Waals surface area contributed by atoms with E-state index in [2.05, 4.69) is 26.6 Å². The lowest BCUT2D eigenvalue weighted by Gasteiger charge is -2.10. The Hall–Kier alpha value is -0.920. The Kier molecular flexibility index (Phi) is 4.91. The zero-order valence-corrected chi connectivity index (χ0v) is 10.9. The first-order valence-electron chi connectivity index (χ1n) is 4.46. The molecule has 1 unspecified atom stereocenters. The van der Waals surface area contributed by atoms with Gasteiger partial charge in [-0.05, 0) is 35.1 Å². The summed E-state index contributed by atoms with van der Waals surface area (Å²) in [4.78, 5) is 23.1. The van der Waals surface area contributed by atoms with Crippen molar-refractivity contribution < 1.29 is 14.7 Å². The second kappa shape index (κ2) is 5.97. The number of nitrogens with one attached hydrogen (secondary N) is 2. The average Bonchev–Trinajstić information content (AvgIpc) is 2.62. The lowest BCUT2D eigenvalue weighted by atomic mass is 10.3. The van der Waals surface area contributed by atoms with Gasteiger partial charge in [-0.25, -0.2) is 4.79 Å². The van der Waals surface area contributed by atoms with Crippen LogP contribution in [0.15, 0.2) is 15.9 Å². The molecule has 16 heavy (non-hydrogen) atoms. The third-order valence-corrected chi connectivity index (χ3v) is 3.49. The van der Waals surface area contributed by atoms with Crippen molar-refractivity contribution >= 4 is 39.1 Å². The normalized spacial score (nSPS) is 12.1. The van der Waals surface area contributed by atoms with Crippen molar-refractivity contribution in [2.75, 3.05) is 7.05 Å². The number of carboxylic acid groups (broad SMARTS) is 1. The van der Waals surface area contributed by atoms with E-state index >= 15 is 0 Å². The van der Waals surface area contributed by atoms with Crippen LogP contribution in [0.5, 0.6) is 0 Å². The molecule has 0 fully saturated rings. The number of hydrogen-bond donors (Lipinski definition) is 3. The maximum Gasteiger partial charge on any atom is 0.330 e. The van der Waals surface area contributed by atoms with Gasteiger partial charge in [0.05, 0.1) is 10.3 Å². The van der Waals surface area contributed by atoms with Crippen LogP contribution in [0.3, 0.4) is 0 Å². The van der Waals surface area contributed by atoms with Crippen LogP contribution in [-0.4, -0.2) is 30.1 Å². The molecular weight excluding hydrogens is 296 g/mol. The molecule has 3 N–H and O–H groups in total. The number of carbonyl (C=O) groups is 2. The zero-order valence-electron chi connectivity index (χ0n) is 8.49. The van der Waals surface area contributed by atoms with Crippen LogP contribution in [0.1, 0.15) is 4.88 Å².